The molecule has 0 amide bonds. The monoisotopic (exact) mass is 465 g/mol. The van der Waals surface area contributed by atoms with Crippen LogP contribution in [0.1, 0.15) is 43.7 Å². The van der Waals surface area contributed by atoms with Gasteiger partial charge in [-0.1, -0.05) is 61.3 Å². The van der Waals surface area contributed by atoms with E-state index in [1.54, 1.807) is 42.6 Å². The molecule has 0 saturated heterocycles. The first kappa shape index (κ1) is 22.6. The Morgan fingerprint density at radius 3 is 2.48 bits per heavy atom. The number of carbonyl (C=O) groups excluding carboxylic acids is 2. The fraction of sp³-hybridized carbons (Fsp3) is 0.240. The fourth-order valence-electron chi connectivity index (χ4n) is 4.18. The summed E-state index contributed by atoms with van der Waals surface area (Å²) in [5.74, 6) is -0.227. The largest absolute Gasteiger partial charge is 0.521 e. The molecule has 4 rings (SSSR count). The van der Waals surface area contributed by atoms with Crippen LogP contribution in [0, 0.1) is 0 Å². The molecular formula is C25H24ClN3O4. The van der Waals surface area contributed by atoms with Crippen molar-refractivity contribution < 1.29 is 19.1 Å². The van der Waals surface area contributed by atoms with E-state index in [-0.39, 0.29) is 5.75 Å². The summed E-state index contributed by atoms with van der Waals surface area (Å²) in [7, 11) is 0. The molecule has 1 aliphatic heterocycles. The van der Waals surface area contributed by atoms with Crippen molar-refractivity contribution in [1.82, 2.24) is 10.2 Å². The first-order chi connectivity index (χ1) is 16.0. The van der Waals surface area contributed by atoms with E-state index in [9.17, 15) is 9.59 Å². The molecule has 33 heavy (non-hydrogen) atoms. The third-order valence-electron chi connectivity index (χ3n) is 5.51. The molecule has 2 heterocycles. The molecule has 0 saturated carbocycles. The molecule has 1 aromatic heterocycles. The highest BCUT2D eigenvalue weighted by atomic mass is 35.5. The second kappa shape index (κ2) is 9.92. The van der Waals surface area contributed by atoms with Gasteiger partial charge >= 0.3 is 12.1 Å². The molecule has 8 heteroatoms. The van der Waals surface area contributed by atoms with Crippen LogP contribution in [0.15, 0.2) is 72.1 Å². The van der Waals surface area contributed by atoms with E-state index in [0.717, 1.165) is 29.1 Å². The number of aromatic nitrogens is 2. The molecular weight excluding hydrogens is 442 g/mol. The average molecular weight is 466 g/mol. The first-order valence-corrected chi connectivity index (χ1v) is 11.2. The molecule has 3 aromatic rings. The second-order valence-electron chi connectivity index (χ2n) is 7.54. The predicted molar refractivity (Wildman–Crippen MR) is 125 cm³/mol. The number of nitrogens with zero attached hydrogens (tertiary/aromatic N) is 2. The summed E-state index contributed by atoms with van der Waals surface area (Å²) in [5.41, 5.74) is 2.63. The Hall–Kier alpha value is -3.58. The minimum atomic E-state index is -1.09. The van der Waals surface area contributed by atoms with Crippen molar-refractivity contribution in [1.29, 1.82) is 0 Å². The molecule has 1 N–H and O–H groups in total. The lowest BCUT2D eigenvalue weighted by molar-refractivity contribution is -0.134. The third-order valence-corrected chi connectivity index (χ3v) is 5.86. The van der Waals surface area contributed by atoms with Gasteiger partial charge < -0.3 is 14.4 Å². The number of halogens is 1. The zero-order valence-corrected chi connectivity index (χ0v) is 19.1. The normalized spacial score (nSPS) is 15.2. The number of carbonyl (C=O) groups is 2. The van der Waals surface area contributed by atoms with Crippen LogP contribution in [-0.2, 0) is 9.53 Å². The first-order valence-electron chi connectivity index (χ1n) is 10.8. The van der Waals surface area contributed by atoms with Crippen molar-refractivity contribution in [3.63, 3.8) is 0 Å². The van der Waals surface area contributed by atoms with E-state index >= 15 is 0 Å². The van der Waals surface area contributed by atoms with E-state index in [2.05, 4.69) is 10.2 Å². The maximum Gasteiger partial charge on any atom is 0.521 e. The van der Waals surface area contributed by atoms with E-state index in [1.165, 1.54) is 0 Å². The summed E-state index contributed by atoms with van der Waals surface area (Å²) in [6.07, 6.45) is 1.99. The van der Waals surface area contributed by atoms with Crippen molar-refractivity contribution in [2.24, 2.45) is 0 Å². The number of esters is 1. The van der Waals surface area contributed by atoms with Gasteiger partial charge in [-0.2, -0.15) is 5.10 Å². The molecule has 2 aromatic carbocycles. The van der Waals surface area contributed by atoms with Crippen LogP contribution in [0.25, 0.3) is 0 Å². The van der Waals surface area contributed by atoms with Gasteiger partial charge in [-0.25, -0.2) is 9.59 Å². The molecule has 0 aliphatic carbocycles. The number of ether oxygens (including phenoxy) is 2. The van der Waals surface area contributed by atoms with Crippen LogP contribution in [0.4, 0.5) is 10.6 Å². The highest BCUT2D eigenvalue weighted by Crippen LogP contribution is 2.46. The maximum atomic E-state index is 13.5. The van der Waals surface area contributed by atoms with Crippen molar-refractivity contribution in [3.8, 4) is 5.75 Å². The number of fused-ring (bicyclic) bond motifs is 1. The Balaban J connectivity index is 1.78. The van der Waals surface area contributed by atoms with Gasteiger partial charge in [0.15, 0.2) is 0 Å². The summed E-state index contributed by atoms with van der Waals surface area (Å²) in [4.78, 5) is 27.9. The standard InChI is InChI=1S/C25H24ClN3O4/c1-3-10-20-22(24(30)33-25(31)32-16-11-6-5-7-12-16)21(17-13-8-9-14-19(17)26)18-15-27-28-23(18)29(20)4-2/h5-9,11-15,21H,3-4,10H2,1-2H3,(H,27,28). The van der Waals surface area contributed by atoms with E-state index < -0.39 is 18.0 Å². The van der Waals surface area contributed by atoms with Crippen molar-refractivity contribution in [2.75, 3.05) is 11.4 Å². The highest BCUT2D eigenvalue weighted by molar-refractivity contribution is 6.31. The predicted octanol–water partition coefficient (Wildman–Crippen LogP) is 5.83. The number of para-hydroxylation sites is 1. The minimum absolute atomic E-state index is 0.289. The summed E-state index contributed by atoms with van der Waals surface area (Å²) in [6, 6.07) is 15.8. The zero-order chi connectivity index (χ0) is 23.4. The van der Waals surface area contributed by atoms with Crippen molar-refractivity contribution in [3.05, 3.63) is 88.2 Å². The van der Waals surface area contributed by atoms with Gasteiger partial charge in [-0.3, -0.25) is 5.10 Å². The van der Waals surface area contributed by atoms with Crippen LogP contribution >= 0.6 is 11.6 Å². The number of aromatic amines is 1. The summed E-state index contributed by atoms with van der Waals surface area (Å²) < 4.78 is 10.4. The van der Waals surface area contributed by atoms with Crippen molar-refractivity contribution >= 4 is 29.5 Å². The molecule has 1 unspecified atom stereocenters. The van der Waals surface area contributed by atoms with Crippen molar-refractivity contribution in [2.45, 2.75) is 32.6 Å². The zero-order valence-electron chi connectivity index (χ0n) is 18.4. The van der Waals surface area contributed by atoms with Crippen LogP contribution in [0.5, 0.6) is 5.75 Å². The summed E-state index contributed by atoms with van der Waals surface area (Å²) in [6.45, 7) is 4.62. The number of rotatable bonds is 6. The van der Waals surface area contributed by atoms with Gasteiger partial charge in [0, 0.05) is 28.7 Å². The van der Waals surface area contributed by atoms with Crippen LogP contribution in [0.3, 0.4) is 0 Å². The fourth-order valence-corrected chi connectivity index (χ4v) is 4.42. The van der Waals surface area contributed by atoms with E-state index in [4.69, 9.17) is 21.1 Å². The molecule has 0 fully saturated rings. The molecule has 0 bridgehead atoms. The number of anilines is 1. The third kappa shape index (κ3) is 4.50. The van der Waals surface area contributed by atoms with Crippen LogP contribution in [0.2, 0.25) is 5.02 Å². The van der Waals surface area contributed by atoms with Gasteiger partial charge in [-0.05, 0) is 37.1 Å². The Bertz CT molecular complexity index is 1190. The summed E-state index contributed by atoms with van der Waals surface area (Å²) in [5, 5.41) is 7.79. The van der Waals surface area contributed by atoms with E-state index in [0.29, 0.717) is 23.6 Å². The average Bonchev–Trinajstić information content (AvgIpc) is 3.29. The van der Waals surface area contributed by atoms with Gasteiger partial charge in [0.05, 0.1) is 11.8 Å². The molecule has 0 radical (unpaired) electrons. The van der Waals surface area contributed by atoms with Crippen LogP contribution < -0.4 is 9.64 Å². The molecule has 170 valence electrons. The number of allylic oxidation sites excluding steroid dienone is 1. The molecule has 1 atom stereocenters. The summed E-state index contributed by atoms with van der Waals surface area (Å²) >= 11 is 6.56. The Labute approximate surface area is 197 Å². The number of hydrogen-bond acceptors (Lipinski definition) is 6. The Morgan fingerprint density at radius 2 is 1.79 bits per heavy atom. The van der Waals surface area contributed by atoms with Crippen LogP contribution in [-0.4, -0.2) is 28.9 Å². The molecule has 1 aliphatic rings. The lowest BCUT2D eigenvalue weighted by atomic mass is 9.81. The number of nitrogens with one attached hydrogen (secondary N) is 1. The van der Waals surface area contributed by atoms with Gasteiger partial charge in [0.1, 0.15) is 11.6 Å². The molecule has 0 spiro atoms. The minimum Gasteiger partial charge on any atom is -0.395 e. The van der Waals surface area contributed by atoms with E-state index in [1.807, 2.05) is 36.9 Å². The lowest BCUT2D eigenvalue weighted by Gasteiger charge is -2.36. The lowest BCUT2D eigenvalue weighted by Crippen LogP contribution is -2.34. The number of H-pyrrole nitrogens is 1. The number of hydrogen-bond donors (Lipinski definition) is 1. The van der Waals surface area contributed by atoms with Gasteiger partial charge in [0.2, 0.25) is 0 Å². The SMILES string of the molecule is CCCC1=C(C(=O)OC(=O)Oc2ccccc2)C(c2ccccc2Cl)c2cn[nH]c2N1CC. The Kier molecular flexibility index (Phi) is 6.79. The van der Waals surface area contributed by atoms with Gasteiger partial charge in [0.25, 0.3) is 0 Å². The Morgan fingerprint density at radius 1 is 1.06 bits per heavy atom. The molecule has 7 nitrogen and oxygen atoms in total. The highest BCUT2D eigenvalue weighted by Gasteiger charge is 2.40. The maximum absolute atomic E-state index is 13.5. The second-order valence-corrected chi connectivity index (χ2v) is 7.94. The topological polar surface area (TPSA) is 84.5 Å². The smallest absolute Gasteiger partial charge is 0.395 e. The number of benzene rings is 2. The quantitative estimate of drug-likeness (QED) is 0.280. The van der Waals surface area contributed by atoms with Gasteiger partial charge in [-0.15, -0.1) is 0 Å².